The Hall–Kier alpha value is -2.70. The molecule has 0 unspecified atom stereocenters. The van der Waals surface area contributed by atoms with Crippen molar-refractivity contribution in [1.82, 2.24) is 0 Å². The second kappa shape index (κ2) is 5.97. The molecule has 22 heavy (non-hydrogen) atoms. The number of phenols is 1. The van der Waals surface area contributed by atoms with Gasteiger partial charge in [-0.05, 0) is 35.4 Å². The molecule has 0 radical (unpaired) electrons. The molecule has 116 valence electrons. The molecule has 0 fully saturated rings. The smallest absolute Gasteiger partial charge is 0.507 e. The number of rotatable bonds is 3. The number of ether oxygens (including phenoxy) is 2. The molecular formula is C15H11F3O4. The van der Waals surface area contributed by atoms with E-state index in [0.717, 1.165) is 0 Å². The molecular weight excluding hydrogens is 301 g/mol. The van der Waals surface area contributed by atoms with Crippen LogP contribution in [0, 0.1) is 0 Å². The van der Waals surface area contributed by atoms with Crippen LogP contribution in [0.5, 0.6) is 11.5 Å². The molecule has 0 amide bonds. The van der Waals surface area contributed by atoms with Gasteiger partial charge in [-0.2, -0.15) is 0 Å². The predicted octanol–water partition coefficient (Wildman–Crippen LogP) is 3.74. The van der Waals surface area contributed by atoms with Gasteiger partial charge in [0.2, 0.25) is 0 Å². The van der Waals surface area contributed by atoms with Gasteiger partial charge in [0.15, 0.2) is 0 Å². The maximum Gasteiger partial charge on any atom is 0.573 e. The summed E-state index contributed by atoms with van der Waals surface area (Å²) in [4.78, 5) is 11.4. The lowest BCUT2D eigenvalue weighted by molar-refractivity contribution is -0.274. The number of benzene rings is 2. The van der Waals surface area contributed by atoms with Gasteiger partial charge in [0.05, 0.1) is 7.11 Å². The van der Waals surface area contributed by atoms with Crippen LogP contribution in [0.2, 0.25) is 0 Å². The highest BCUT2D eigenvalue weighted by atomic mass is 19.4. The minimum Gasteiger partial charge on any atom is -0.507 e. The molecule has 2 aromatic rings. The summed E-state index contributed by atoms with van der Waals surface area (Å²) in [5.41, 5.74) is 0.792. The number of alkyl halides is 3. The van der Waals surface area contributed by atoms with Gasteiger partial charge < -0.3 is 14.6 Å². The van der Waals surface area contributed by atoms with Crippen LogP contribution in [-0.4, -0.2) is 24.5 Å². The molecule has 0 atom stereocenters. The Morgan fingerprint density at radius 1 is 1.09 bits per heavy atom. The van der Waals surface area contributed by atoms with Crippen LogP contribution >= 0.6 is 0 Å². The Labute approximate surface area is 123 Å². The first-order valence-electron chi connectivity index (χ1n) is 6.07. The van der Waals surface area contributed by atoms with Crippen molar-refractivity contribution in [3.63, 3.8) is 0 Å². The highest BCUT2D eigenvalue weighted by molar-refractivity contribution is 5.93. The van der Waals surface area contributed by atoms with Gasteiger partial charge in [-0.3, -0.25) is 0 Å². The van der Waals surface area contributed by atoms with E-state index in [9.17, 15) is 23.1 Å². The zero-order chi connectivity index (χ0) is 16.3. The van der Waals surface area contributed by atoms with Crippen LogP contribution in [0.15, 0.2) is 42.5 Å². The average Bonchev–Trinajstić information content (AvgIpc) is 2.45. The quantitative estimate of drug-likeness (QED) is 0.877. The molecule has 0 aliphatic heterocycles. The van der Waals surface area contributed by atoms with Crippen molar-refractivity contribution in [1.29, 1.82) is 0 Å². The van der Waals surface area contributed by atoms with Crippen molar-refractivity contribution in [2.24, 2.45) is 0 Å². The van der Waals surface area contributed by atoms with Crippen LogP contribution in [0.3, 0.4) is 0 Å². The molecule has 0 heterocycles. The Bertz CT molecular complexity index is 695. The SMILES string of the molecule is COC(=O)c1ccc(-c2cccc(OC(F)(F)F)c2)cc1O. The monoisotopic (exact) mass is 312 g/mol. The molecule has 0 saturated heterocycles. The fourth-order valence-corrected chi connectivity index (χ4v) is 1.87. The number of hydrogen-bond donors (Lipinski definition) is 1. The topological polar surface area (TPSA) is 55.8 Å². The number of aromatic hydroxyl groups is 1. The summed E-state index contributed by atoms with van der Waals surface area (Å²) in [6, 6.07) is 9.36. The molecule has 0 aliphatic carbocycles. The minimum atomic E-state index is -4.78. The van der Waals surface area contributed by atoms with E-state index in [1.54, 1.807) is 6.07 Å². The van der Waals surface area contributed by atoms with Crippen LogP contribution in [0.4, 0.5) is 13.2 Å². The average molecular weight is 312 g/mol. The van der Waals surface area contributed by atoms with E-state index < -0.39 is 12.3 Å². The second-order valence-corrected chi connectivity index (χ2v) is 4.30. The number of carbonyl (C=O) groups is 1. The molecule has 0 saturated carbocycles. The minimum absolute atomic E-state index is 0.0334. The van der Waals surface area contributed by atoms with E-state index >= 15 is 0 Å². The molecule has 7 heteroatoms. The zero-order valence-corrected chi connectivity index (χ0v) is 11.3. The summed E-state index contributed by atoms with van der Waals surface area (Å²) in [7, 11) is 1.17. The highest BCUT2D eigenvalue weighted by Gasteiger charge is 2.31. The normalized spacial score (nSPS) is 11.1. The van der Waals surface area contributed by atoms with E-state index in [2.05, 4.69) is 9.47 Å². The Morgan fingerprint density at radius 3 is 2.36 bits per heavy atom. The number of methoxy groups -OCH3 is 1. The second-order valence-electron chi connectivity index (χ2n) is 4.30. The fraction of sp³-hybridized carbons (Fsp3) is 0.133. The Kier molecular flexibility index (Phi) is 4.25. The molecule has 0 spiro atoms. The van der Waals surface area contributed by atoms with Crippen LogP contribution in [0.1, 0.15) is 10.4 Å². The molecule has 0 bridgehead atoms. The van der Waals surface area contributed by atoms with Crippen molar-refractivity contribution in [3.8, 4) is 22.6 Å². The van der Waals surface area contributed by atoms with Gasteiger partial charge in [-0.25, -0.2) is 4.79 Å². The van der Waals surface area contributed by atoms with Gasteiger partial charge in [0, 0.05) is 0 Å². The fourth-order valence-electron chi connectivity index (χ4n) is 1.87. The van der Waals surface area contributed by atoms with Gasteiger partial charge in [0.1, 0.15) is 17.1 Å². The van der Waals surface area contributed by atoms with Gasteiger partial charge in [0.25, 0.3) is 0 Å². The molecule has 1 N–H and O–H groups in total. The summed E-state index contributed by atoms with van der Waals surface area (Å²) >= 11 is 0. The van der Waals surface area contributed by atoms with E-state index in [1.165, 1.54) is 43.5 Å². The number of esters is 1. The molecule has 0 aromatic heterocycles. The van der Waals surface area contributed by atoms with Crippen molar-refractivity contribution < 1.29 is 32.5 Å². The van der Waals surface area contributed by atoms with Crippen LogP contribution < -0.4 is 4.74 Å². The zero-order valence-electron chi connectivity index (χ0n) is 11.3. The number of hydrogen-bond acceptors (Lipinski definition) is 4. The van der Waals surface area contributed by atoms with E-state index in [1.807, 2.05) is 0 Å². The van der Waals surface area contributed by atoms with Gasteiger partial charge in [-0.1, -0.05) is 18.2 Å². The summed E-state index contributed by atoms with van der Waals surface area (Å²) in [5, 5.41) is 9.80. The number of carbonyl (C=O) groups excluding carboxylic acids is 1. The molecule has 4 nitrogen and oxygen atoms in total. The first-order chi connectivity index (χ1) is 10.3. The first-order valence-corrected chi connectivity index (χ1v) is 6.07. The maximum absolute atomic E-state index is 12.2. The van der Waals surface area contributed by atoms with Crippen molar-refractivity contribution in [3.05, 3.63) is 48.0 Å². The van der Waals surface area contributed by atoms with Crippen LogP contribution in [-0.2, 0) is 4.74 Å². The Morgan fingerprint density at radius 2 is 1.77 bits per heavy atom. The summed E-state index contributed by atoms with van der Waals surface area (Å²) < 4.78 is 44.9. The predicted molar refractivity (Wildman–Crippen MR) is 71.6 cm³/mol. The third-order valence-corrected chi connectivity index (χ3v) is 2.80. The summed E-state index contributed by atoms with van der Waals surface area (Å²) in [6.07, 6.45) is -4.78. The number of halogens is 3. The van der Waals surface area contributed by atoms with Gasteiger partial charge >= 0.3 is 12.3 Å². The molecule has 2 aromatic carbocycles. The lowest BCUT2D eigenvalue weighted by Gasteiger charge is -2.11. The maximum atomic E-state index is 12.2. The van der Waals surface area contributed by atoms with E-state index in [0.29, 0.717) is 11.1 Å². The third kappa shape index (κ3) is 3.69. The van der Waals surface area contributed by atoms with E-state index in [-0.39, 0.29) is 17.1 Å². The third-order valence-electron chi connectivity index (χ3n) is 2.80. The van der Waals surface area contributed by atoms with Crippen molar-refractivity contribution >= 4 is 5.97 Å². The van der Waals surface area contributed by atoms with Gasteiger partial charge in [-0.15, -0.1) is 13.2 Å². The molecule has 2 rings (SSSR count). The van der Waals surface area contributed by atoms with Crippen molar-refractivity contribution in [2.75, 3.05) is 7.11 Å². The Balaban J connectivity index is 2.34. The summed E-state index contributed by atoms with van der Waals surface area (Å²) in [6.45, 7) is 0. The first kappa shape index (κ1) is 15.7. The lowest BCUT2D eigenvalue weighted by atomic mass is 10.0. The largest absolute Gasteiger partial charge is 0.573 e. The van der Waals surface area contributed by atoms with Crippen LogP contribution in [0.25, 0.3) is 11.1 Å². The summed E-state index contributed by atoms with van der Waals surface area (Å²) in [5.74, 6) is -1.41. The molecule has 0 aliphatic rings. The highest BCUT2D eigenvalue weighted by Crippen LogP contribution is 2.31. The van der Waals surface area contributed by atoms with Crippen molar-refractivity contribution in [2.45, 2.75) is 6.36 Å². The lowest BCUT2D eigenvalue weighted by Crippen LogP contribution is -2.17. The number of phenolic OH excluding ortho intramolecular Hbond substituents is 1. The van der Waals surface area contributed by atoms with E-state index in [4.69, 9.17) is 0 Å². The standard InChI is InChI=1S/C15H11F3O4/c1-21-14(20)12-6-5-10(8-13(12)19)9-3-2-4-11(7-9)22-15(16,17)18/h2-8,19H,1H3.